The van der Waals surface area contributed by atoms with Crippen molar-refractivity contribution in [3.8, 4) is 0 Å². The molecule has 1 heterocycles. The minimum absolute atomic E-state index is 0.0796. The SMILES string of the molecule is Cc1cccc(C)c1NC(=O)C1CC1C(=O)Nc1ccccc1N1CCOCC1. The highest BCUT2D eigenvalue weighted by atomic mass is 16.5. The highest BCUT2D eigenvalue weighted by Crippen LogP contribution is 2.41. The van der Waals surface area contributed by atoms with Gasteiger partial charge in [-0.25, -0.2) is 0 Å². The van der Waals surface area contributed by atoms with Crippen LogP contribution in [0.25, 0.3) is 0 Å². The Kier molecular flexibility index (Phi) is 5.53. The van der Waals surface area contributed by atoms with E-state index in [4.69, 9.17) is 4.74 Å². The summed E-state index contributed by atoms with van der Waals surface area (Å²) in [5, 5.41) is 6.05. The van der Waals surface area contributed by atoms with Crippen molar-refractivity contribution in [1.29, 1.82) is 0 Å². The maximum absolute atomic E-state index is 12.8. The van der Waals surface area contributed by atoms with E-state index in [-0.39, 0.29) is 23.7 Å². The fourth-order valence-corrected chi connectivity index (χ4v) is 3.89. The van der Waals surface area contributed by atoms with Crippen LogP contribution < -0.4 is 15.5 Å². The van der Waals surface area contributed by atoms with Gasteiger partial charge in [0.05, 0.1) is 36.4 Å². The Hall–Kier alpha value is -2.86. The number of para-hydroxylation sites is 3. The van der Waals surface area contributed by atoms with E-state index >= 15 is 0 Å². The molecular weight excluding hydrogens is 366 g/mol. The van der Waals surface area contributed by atoms with Gasteiger partial charge < -0.3 is 20.3 Å². The number of benzene rings is 2. The molecule has 0 spiro atoms. The summed E-state index contributed by atoms with van der Waals surface area (Å²) in [4.78, 5) is 27.6. The Morgan fingerprint density at radius 2 is 1.52 bits per heavy atom. The van der Waals surface area contributed by atoms with E-state index in [0.29, 0.717) is 19.6 Å². The summed E-state index contributed by atoms with van der Waals surface area (Å²) in [6.45, 7) is 6.93. The van der Waals surface area contributed by atoms with Crippen molar-refractivity contribution in [2.24, 2.45) is 11.8 Å². The second-order valence-electron chi connectivity index (χ2n) is 7.81. The number of hydrogen-bond donors (Lipinski definition) is 2. The largest absolute Gasteiger partial charge is 0.378 e. The Labute approximate surface area is 171 Å². The molecule has 0 radical (unpaired) electrons. The Morgan fingerprint density at radius 1 is 0.897 bits per heavy atom. The lowest BCUT2D eigenvalue weighted by Crippen LogP contribution is -2.36. The van der Waals surface area contributed by atoms with Crippen LogP contribution in [-0.4, -0.2) is 38.1 Å². The van der Waals surface area contributed by atoms with E-state index in [1.54, 1.807) is 0 Å². The van der Waals surface area contributed by atoms with Crippen molar-refractivity contribution in [2.75, 3.05) is 41.8 Å². The van der Waals surface area contributed by atoms with Gasteiger partial charge in [0.25, 0.3) is 0 Å². The predicted molar refractivity (Wildman–Crippen MR) is 114 cm³/mol. The maximum Gasteiger partial charge on any atom is 0.228 e. The first-order valence-corrected chi connectivity index (χ1v) is 10.1. The predicted octanol–water partition coefficient (Wildman–Crippen LogP) is 3.35. The van der Waals surface area contributed by atoms with Crippen molar-refractivity contribution in [3.05, 3.63) is 53.6 Å². The van der Waals surface area contributed by atoms with Crippen LogP contribution in [0, 0.1) is 25.7 Å². The second kappa shape index (κ2) is 8.25. The molecule has 2 aliphatic rings. The summed E-state index contributed by atoms with van der Waals surface area (Å²) < 4.78 is 5.42. The molecule has 1 saturated heterocycles. The summed E-state index contributed by atoms with van der Waals surface area (Å²) in [5.74, 6) is -0.724. The summed E-state index contributed by atoms with van der Waals surface area (Å²) in [6, 6.07) is 13.7. The molecule has 29 heavy (non-hydrogen) atoms. The minimum Gasteiger partial charge on any atom is -0.378 e. The first-order chi connectivity index (χ1) is 14.0. The number of carbonyl (C=O) groups excluding carboxylic acids is 2. The molecule has 6 heteroatoms. The van der Waals surface area contributed by atoms with Crippen LogP contribution in [0.15, 0.2) is 42.5 Å². The minimum atomic E-state index is -0.280. The van der Waals surface area contributed by atoms with Crippen LogP contribution in [0.2, 0.25) is 0 Å². The molecule has 1 saturated carbocycles. The van der Waals surface area contributed by atoms with Crippen molar-refractivity contribution >= 4 is 28.9 Å². The first-order valence-electron chi connectivity index (χ1n) is 10.1. The van der Waals surface area contributed by atoms with E-state index in [0.717, 1.165) is 41.3 Å². The lowest BCUT2D eigenvalue weighted by Gasteiger charge is -2.30. The summed E-state index contributed by atoms with van der Waals surface area (Å²) in [5.41, 5.74) is 4.70. The maximum atomic E-state index is 12.8. The molecule has 6 nitrogen and oxygen atoms in total. The Morgan fingerprint density at radius 3 is 2.21 bits per heavy atom. The number of amides is 2. The molecule has 2 N–H and O–H groups in total. The van der Waals surface area contributed by atoms with Gasteiger partial charge in [0.1, 0.15) is 0 Å². The zero-order valence-corrected chi connectivity index (χ0v) is 16.9. The molecule has 1 aliphatic heterocycles. The van der Waals surface area contributed by atoms with Crippen molar-refractivity contribution < 1.29 is 14.3 Å². The molecule has 0 aromatic heterocycles. The van der Waals surface area contributed by atoms with Gasteiger partial charge in [0, 0.05) is 18.8 Å². The fourth-order valence-electron chi connectivity index (χ4n) is 3.89. The van der Waals surface area contributed by atoms with Gasteiger partial charge in [0.2, 0.25) is 11.8 Å². The number of nitrogens with one attached hydrogen (secondary N) is 2. The van der Waals surface area contributed by atoms with Crippen LogP contribution in [0.5, 0.6) is 0 Å². The Bertz CT molecular complexity index is 901. The molecule has 2 aromatic carbocycles. The zero-order chi connectivity index (χ0) is 20.4. The normalized spacial score (nSPS) is 20.8. The molecule has 2 amide bonds. The van der Waals surface area contributed by atoms with Crippen molar-refractivity contribution in [1.82, 2.24) is 0 Å². The van der Waals surface area contributed by atoms with Crippen LogP contribution in [0.4, 0.5) is 17.1 Å². The van der Waals surface area contributed by atoms with Crippen LogP contribution in [0.3, 0.4) is 0 Å². The van der Waals surface area contributed by atoms with E-state index < -0.39 is 0 Å². The lowest BCUT2D eigenvalue weighted by atomic mass is 10.1. The molecule has 2 unspecified atom stereocenters. The highest BCUT2D eigenvalue weighted by Gasteiger charge is 2.48. The molecule has 0 bridgehead atoms. The average Bonchev–Trinajstić information content (AvgIpc) is 3.53. The first kappa shape index (κ1) is 19.5. The summed E-state index contributed by atoms with van der Waals surface area (Å²) in [7, 11) is 0. The molecule has 2 aromatic rings. The van der Waals surface area contributed by atoms with Gasteiger partial charge in [-0.1, -0.05) is 30.3 Å². The van der Waals surface area contributed by atoms with Crippen molar-refractivity contribution in [3.63, 3.8) is 0 Å². The number of anilines is 3. The molecule has 2 atom stereocenters. The smallest absolute Gasteiger partial charge is 0.228 e. The van der Waals surface area contributed by atoms with Crippen LogP contribution in [0.1, 0.15) is 17.5 Å². The quantitative estimate of drug-likeness (QED) is 0.817. The third-order valence-electron chi connectivity index (χ3n) is 5.71. The van der Waals surface area contributed by atoms with Gasteiger partial charge in [-0.15, -0.1) is 0 Å². The number of hydrogen-bond acceptors (Lipinski definition) is 4. The van der Waals surface area contributed by atoms with E-state index in [9.17, 15) is 9.59 Å². The van der Waals surface area contributed by atoms with Crippen LogP contribution in [-0.2, 0) is 14.3 Å². The number of morpholine rings is 1. The third-order valence-corrected chi connectivity index (χ3v) is 5.71. The van der Waals surface area contributed by atoms with E-state index in [1.807, 2.05) is 56.3 Å². The summed E-state index contributed by atoms with van der Waals surface area (Å²) >= 11 is 0. The second-order valence-corrected chi connectivity index (χ2v) is 7.81. The molecule has 2 fully saturated rings. The monoisotopic (exact) mass is 393 g/mol. The van der Waals surface area contributed by atoms with E-state index in [1.165, 1.54) is 0 Å². The van der Waals surface area contributed by atoms with Crippen molar-refractivity contribution in [2.45, 2.75) is 20.3 Å². The number of ether oxygens (including phenoxy) is 1. The van der Waals surface area contributed by atoms with Gasteiger partial charge in [-0.3, -0.25) is 9.59 Å². The van der Waals surface area contributed by atoms with Gasteiger partial charge in [-0.05, 0) is 43.5 Å². The summed E-state index contributed by atoms with van der Waals surface area (Å²) in [6.07, 6.45) is 0.586. The molecule has 1 aliphatic carbocycles. The highest BCUT2D eigenvalue weighted by molar-refractivity contribution is 6.04. The average molecular weight is 393 g/mol. The molecular formula is C23H27N3O3. The molecule has 152 valence electrons. The molecule has 4 rings (SSSR count). The lowest BCUT2D eigenvalue weighted by molar-refractivity contribution is -0.122. The van der Waals surface area contributed by atoms with Gasteiger partial charge >= 0.3 is 0 Å². The van der Waals surface area contributed by atoms with E-state index in [2.05, 4.69) is 15.5 Å². The third kappa shape index (κ3) is 4.27. The van der Waals surface area contributed by atoms with Gasteiger partial charge in [0.15, 0.2) is 0 Å². The fraction of sp³-hybridized carbons (Fsp3) is 0.391. The standard InChI is InChI=1S/C23H27N3O3/c1-15-6-5-7-16(2)21(15)25-23(28)18-14-17(18)22(27)24-19-8-3-4-9-20(19)26-10-12-29-13-11-26/h3-9,17-18H,10-14H2,1-2H3,(H,24,27)(H,25,28). The zero-order valence-electron chi connectivity index (χ0n) is 16.9. The van der Waals surface area contributed by atoms with Crippen LogP contribution >= 0.6 is 0 Å². The Balaban J connectivity index is 1.39. The number of nitrogens with zero attached hydrogens (tertiary/aromatic N) is 1. The number of carbonyl (C=O) groups is 2. The topological polar surface area (TPSA) is 70.7 Å². The number of rotatable bonds is 5. The van der Waals surface area contributed by atoms with Gasteiger partial charge in [-0.2, -0.15) is 0 Å². The number of aryl methyl sites for hydroxylation is 2.